The second-order valence-electron chi connectivity index (χ2n) is 7.47. The molecule has 0 aromatic heterocycles. The van der Waals surface area contributed by atoms with Crippen molar-refractivity contribution in [2.24, 2.45) is 0 Å². The van der Waals surface area contributed by atoms with Gasteiger partial charge in [0.15, 0.2) is 0 Å². The van der Waals surface area contributed by atoms with Crippen LogP contribution in [0.3, 0.4) is 0 Å². The summed E-state index contributed by atoms with van der Waals surface area (Å²) in [5.41, 5.74) is 1.27. The molecule has 0 aliphatic rings. The van der Waals surface area contributed by atoms with Crippen molar-refractivity contribution in [2.45, 2.75) is 90.3 Å². The first kappa shape index (κ1) is 21.0. The summed E-state index contributed by atoms with van der Waals surface area (Å²) >= 11 is 0. The van der Waals surface area contributed by atoms with Gasteiger partial charge in [0.2, 0.25) is 0 Å². The van der Waals surface area contributed by atoms with Crippen molar-refractivity contribution < 1.29 is 9.22 Å². The second-order valence-corrected chi connectivity index (χ2v) is 11.6. The number of unbranched alkanes of at least 4 members (excludes halogenated alkanes) is 8. The fourth-order valence-corrected chi connectivity index (χ4v) is 5.07. The Hall–Kier alpha value is -1.09. The second kappa shape index (κ2) is 12.3. The standard InChI is InChI=1S/C21H36O2Si/c1-4-5-6-7-8-9-10-11-15-18-21(22)23-24(2,3)19-20-16-13-12-14-17-20/h12-14,16-17H,4-11,15,18-19H2,1-3H3. The number of carbonyl (C=O) groups excluding carboxylic acids is 1. The van der Waals surface area contributed by atoms with Gasteiger partial charge in [-0.25, -0.2) is 0 Å². The molecule has 0 aliphatic heterocycles. The molecule has 1 aromatic rings. The van der Waals surface area contributed by atoms with E-state index in [0.29, 0.717) is 6.42 Å². The lowest BCUT2D eigenvalue weighted by molar-refractivity contribution is -0.135. The fourth-order valence-electron chi connectivity index (χ4n) is 3.06. The zero-order chi connectivity index (χ0) is 17.7. The van der Waals surface area contributed by atoms with E-state index >= 15 is 0 Å². The number of hydrogen-bond acceptors (Lipinski definition) is 2. The van der Waals surface area contributed by atoms with E-state index in [0.717, 1.165) is 18.9 Å². The summed E-state index contributed by atoms with van der Waals surface area (Å²) in [5, 5.41) is 0. The number of benzene rings is 1. The fraction of sp³-hybridized carbons (Fsp3) is 0.667. The highest BCUT2D eigenvalue weighted by Gasteiger charge is 2.27. The normalized spacial score (nSPS) is 11.5. The van der Waals surface area contributed by atoms with Gasteiger partial charge in [-0.15, -0.1) is 0 Å². The van der Waals surface area contributed by atoms with Gasteiger partial charge in [-0.3, -0.25) is 4.79 Å². The summed E-state index contributed by atoms with van der Waals surface area (Å²) < 4.78 is 5.81. The Morgan fingerprint density at radius 1 is 0.875 bits per heavy atom. The smallest absolute Gasteiger partial charge is 0.292 e. The van der Waals surface area contributed by atoms with Crippen molar-refractivity contribution in [2.75, 3.05) is 0 Å². The van der Waals surface area contributed by atoms with E-state index < -0.39 is 8.32 Å². The Morgan fingerprint density at radius 2 is 1.42 bits per heavy atom. The molecule has 0 radical (unpaired) electrons. The van der Waals surface area contributed by atoms with Crippen molar-refractivity contribution in [3.8, 4) is 0 Å². The van der Waals surface area contributed by atoms with Crippen LogP contribution in [0.5, 0.6) is 0 Å². The first-order chi connectivity index (χ1) is 11.5. The monoisotopic (exact) mass is 348 g/mol. The molecule has 0 saturated heterocycles. The van der Waals surface area contributed by atoms with Crippen molar-refractivity contribution in [3.63, 3.8) is 0 Å². The molecule has 1 rings (SSSR count). The van der Waals surface area contributed by atoms with Gasteiger partial charge >= 0.3 is 0 Å². The first-order valence-electron chi connectivity index (χ1n) is 9.79. The third-order valence-electron chi connectivity index (χ3n) is 4.35. The summed E-state index contributed by atoms with van der Waals surface area (Å²) in [5.74, 6) is 0.00513. The van der Waals surface area contributed by atoms with Crippen LogP contribution in [-0.4, -0.2) is 14.3 Å². The lowest BCUT2D eigenvalue weighted by Crippen LogP contribution is -2.36. The van der Waals surface area contributed by atoms with Crippen LogP contribution in [0, 0.1) is 0 Å². The number of carbonyl (C=O) groups is 1. The van der Waals surface area contributed by atoms with Gasteiger partial charge in [-0.2, -0.15) is 0 Å². The molecule has 1 aromatic carbocycles. The zero-order valence-electron chi connectivity index (χ0n) is 16.0. The summed E-state index contributed by atoms with van der Waals surface area (Å²) in [6, 6.07) is 11.2. The average molecular weight is 349 g/mol. The summed E-state index contributed by atoms with van der Waals surface area (Å²) in [7, 11) is -1.95. The van der Waals surface area contributed by atoms with Gasteiger partial charge in [0, 0.05) is 12.5 Å². The summed E-state index contributed by atoms with van der Waals surface area (Å²) in [4.78, 5) is 12.1. The van der Waals surface area contributed by atoms with Gasteiger partial charge in [0.05, 0.1) is 0 Å². The van der Waals surface area contributed by atoms with Crippen molar-refractivity contribution >= 4 is 14.3 Å². The molecule has 136 valence electrons. The Balaban J connectivity index is 2.08. The highest BCUT2D eigenvalue weighted by molar-refractivity contribution is 6.72. The maximum Gasteiger partial charge on any atom is 0.292 e. The molecule has 0 fully saturated rings. The van der Waals surface area contributed by atoms with Crippen LogP contribution in [0.4, 0.5) is 0 Å². The predicted molar refractivity (Wildman–Crippen MR) is 106 cm³/mol. The quantitative estimate of drug-likeness (QED) is 0.303. The van der Waals surface area contributed by atoms with E-state index in [1.807, 2.05) is 18.2 Å². The van der Waals surface area contributed by atoms with Crippen LogP contribution in [0.25, 0.3) is 0 Å². The van der Waals surface area contributed by atoms with E-state index in [9.17, 15) is 4.79 Å². The molecule has 0 heterocycles. The average Bonchev–Trinajstić information content (AvgIpc) is 2.53. The van der Waals surface area contributed by atoms with Crippen molar-refractivity contribution in [1.82, 2.24) is 0 Å². The SMILES string of the molecule is CCCCCCCCCCCC(=O)O[Si](C)(C)Cc1ccccc1. The van der Waals surface area contributed by atoms with Gasteiger partial charge < -0.3 is 4.43 Å². The van der Waals surface area contributed by atoms with Crippen LogP contribution >= 0.6 is 0 Å². The van der Waals surface area contributed by atoms with Gasteiger partial charge in [0.25, 0.3) is 14.3 Å². The van der Waals surface area contributed by atoms with Gasteiger partial charge in [0.1, 0.15) is 0 Å². The Labute approximate surface area is 150 Å². The molecule has 0 spiro atoms. The third kappa shape index (κ3) is 10.6. The summed E-state index contributed by atoms with van der Waals surface area (Å²) in [6.07, 6.45) is 12.1. The molecule has 0 amide bonds. The van der Waals surface area contributed by atoms with E-state index in [4.69, 9.17) is 4.43 Å². The minimum Gasteiger partial charge on any atom is -0.519 e. The molecule has 2 nitrogen and oxygen atoms in total. The molecule has 24 heavy (non-hydrogen) atoms. The molecule has 3 heteroatoms. The van der Waals surface area contributed by atoms with Gasteiger partial charge in [-0.05, 0) is 25.1 Å². The van der Waals surface area contributed by atoms with E-state index in [1.54, 1.807) is 0 Å². The van der Waals surface area contributed by atoms with Crippen LogP contribution in [0.2, 0.25) is 13.1 Å². The van der Waals surface area contributed by atoms with E-state index in [2.05, 4.69) is 32.2 Å². The number of rotatable bonds is 13. The van der Waals surface area contributed by atoms with Crippen molar-refractivity contribution in [1.29, 1.82) is 0 Å². The third-order valence-corrected chi connectivity index (χ3v) is 6.39. The lowest BCUT2D eigenvalue weighted by atomic mass is 10.1. The minimum atomic E-state index is -1.95. The largest absolute Gasteiger partial charge is 0.519 e. The van der Waals surface area contributed by atoms with Crippen LogP contribution < -0.4 is 0 Å². The Kier molecular flexibility index (Phi) is 10.7. The topological polar surface area (TPSA) is 26.3 Å². The number of hydrogen-bond donors (Lipinski definition) is 0. The minimum absolute atomic E-state index is 0.00513. The highest BCUT2D eigenvalue weighted by Crippen LogP contribution is 2.16. The Morgan fingerprint density at radius 3 is 2.00 bits per heavy atom. The maximum absolute atomic E-state index is 12.1. The molecule has 0 saturated carbocycles. The van der Waals surface area contributed by atoms with Crippen LogP contribution in [0.1, 0.15) is 76.7 Å². The highest BCUT2D eigenvalue weighted by atomic mass is 28.4. The van der Waals surface area contributed by atoms with E-state index in [-0.39, 0.29) is 5.97 Å². The molecular formula is C21H36O2Si. The molecule has 0 N–H and O–H groups in total. The Bertz CT molecular complexity index is 442. The maximum atomic E-state index is 12.1. The van der Waals surface area contributed by atoms with Gasteiger partial charge in [-0.1, -0.05) is 88.6 Å². The first-order valence-corrected chi connectivity index (χ1v) is 12.9. The molecular weight excluding hydrogens is 312 g/mol. The molecule has 0 unspecified atom stereocenters. The molecule has 0 atom stereocenters. The van der Waals surface area contributed by atoms with Crippen LogP contribution in [-0.2, 0) is 15.3 Å². The lowest BCUT2D eigenvalue weighted by Gasteiger charge is -2.23. The summed E-state index contributed by atoms with van der Waals surface area (Å²) in [6.45, 7) is 6.52. The van der Waals surface area contributed by atoms with Crippen molar-refractivity contribution in [3.05, 3.63) is 35.9 Å². The van der Waals surface area contributed by atoms with Crippen LogP contribution in [0.15, 0.2) is 30.3 Å². The molecule has 0 aliphatic carbocycles. The van der Waals surface area contributed by atoms with E-state index in [1.165, 1.54) is 50.5 Å². The predicted octanol–water partition coefficient (Wildman–Crippen LogP) is 6.44. The zero-order valence-corrected chi connectivity index (χ0v) is 17.0. The molecule has 0 bridgehead atoms.